The summed E-state index contributed by atoms with van der Waals surface area (Å²) < 4.78 is 40.3. The molecule has 1 aromatic carbocycles. The average molecular weight is 547 g/mol. The van der Waals surface area contributed by atoms with Crippen LogP contribution in [0.2, 0.25) is 0 Å². The van der Waals surface area contributed by atoms with Crippen molar-refractivity contribution in [3.8, 4) is 0 Å². The summed E-state index contributed by atoms with van der Waals surface area (Å²) in [5, 5.41) is 14.8. The van der Waals surface area contributed by atoms with E-state index in [1.807, 2.05) is 11.0 Å². The van der Waals surface area contributed by atoms with Crippen LogP contribution in [-0.4, -0.2) is 60.2 Å². The van der Waals surface area contributed by atoms with E-state index in [1.54, 1.807) is 49.8 Å². The number of aliphatic hydroxyl groups is 1. The number of hydrogen-bond donors (Lipinski definition) is 3. The average Bonchev–Trinajstić information content (AvgIpc) is 3.66. The smallest absolute Gasteiger partial charge is 0.392 e. The summed E-state index contributed by atoms with van der Waals surface area (Å²) >= 11 is 0. The minimum Gasteiger partial charge on any atom is -0.392 e. The van der Waals surface area contributed by atoms with Crippen LogP contribution in [0, 0.1) is 0 Å². The van der Waals surface area contributed by atoms with E-state index < -0.39 is 17.6 Å². The molecular weight excluding hydrogens is 509 g/mol. The molecule has 0 spiro atoms. The largest absolute Gasteiger partial charge is 0.398 e. The molecule has 1 aromatic heterocycles. The SMILES string of the molecule is CN(c1ccc(C2(C(F)(F)F)CC2)cc1)C(C(=O)NC1CCCCC1)c1cccnc1.O=CC1CC(O)CN1. The van der Waals surface area contributed by atoms with Gasteiger partial charge >= 0.3 is 6.18 Å². The number of amides is 1. The van der Waals surface area contributed by atoms with Gasteiger partial charge in [0, 0.05) is 43.3 Å². The molecule has 3 N–H and O–H groups in total. The Morgan fingerprint density at radius 2 is 1.87 bits per heavy atom. The predicted molar refractivity (Wildman–Crippen MR) is 142 cm³/mol. The number of likely N-dealkylation sites (N-methyl/N-ethyl adjacent to an activating group) is 1. The number of aliphatic hydroxyl groups excluding tert-OH is 1. The molecule has 3 atom stereocenters. The number of anilines is 1. The molecule has 1 amide bonds. The van der Waals surface area contributed by atoms with Crippen LogP contribution in [0.1, 0.15) is 68.5 Å². The van der Waals surface area contributed by atoms with Crippen LogP contribution in [0.3, 0.4) is 0 Å². The Balaban J connectivity index is 0.000000379. The Labute approximate surface area is 227 Å². The number of carbonyl (C=O) groups excluding carboxylic acids is 2. The zero-order chi connectivity index (χ0) is 28.0. The van der Waals surface area contributed by atoms with E-state index in [0.717, 1.165) is 37.5 Å². The Bertz CT molecular complexity index is 1090. The van der Waals surface area contributed by atoms with E-state index in [2.05, 4.69) is 15.6 Å². The van der Waals surface area contributed by atoms with Crippen molar-refractivity contribution in [3.05, 3.63) is 59.9 Å². The lowest BCUT2D eigenvalue weighted by molar-refractivity contribution is -0.160. The van der Waals surface area contributed by atoms with Gasteiger partial charge in [0.2, 0.25) is 5.91 Å². The number of benzene rings is 1. The number of nitrogens with one attached hydrogen (secondary N) is 2. The fraction of sp³-hybridized carbons (Fsp3) is 0.552. The lowest BCUT2D eigenvalue weighted by atomic mass is 9.94. The van der Waals surface area contributed by atoms with Crippen molar-refractivity contribution in [3.63, 3.8) is 0 Å². The van der Waals surface area contributed by atoms with Crippen molar-refractivity contribution in [1.82, 2.24) is 15.6 Å². The molecule has 7 nitrogen and oxygen atoms in total. The normalized spacial score (nSPS) is 23.2. The number of β-amino-alcohol motifs (C(OH)–C–C–N with tert-alkyl or cyclic N) is 1. The number of rotatable bonds is 7. The van der Waals surface area contributed by atoms with Crippen molar-refractivity contribution in [2.45, 2.75) is 87.2 Å². The van der Waals surface area contributed by atoms with Crippen molar-refractivity contribution in [1.29, 1.82) is 0 Å². The minimum absolute atomic E-state index is 0.106. The van der Waals surface area contributed by atoms with E-state index in [1.165, 1.54) is 6.42 Å². The summed E-state index contributed by atoms with van der Waals surface area (Å²) in [7, 11) is 1.80. The molecule has 212 valence electrons. The zero-order valence-electron chi connectivity index (χ0n) is 22.2. The monoisotopic (exact) mass is 546 g/mol. The van der Waals surface area contributed by atoms with Crippen LogP contribution in [0.5, 0.6) is 0 Å². The third kappa shape index (κ3) is 6.97. The number of alkyl halides is 3. The molecule has 2 aliphatic carbocycles. The van der Waals surface area contributed by atoms with Crippen LogP contribution in [0.4, 0.5) is 18.9 Å². The first-order valence-electron chi connectivity index (χ1n) is 13.6. The first-order valence-corrected chi connectivity index (χ1v) is 13.6. The highest BCUT2D eigenvalue weighted by molar-refractivity contribution is 5.86. The molecule has 3 unspecified atom stereocenters. The molecule has 39 heavy (non-hydrogen) atoms. The van der Waals surface area contributed by atoms with Gasteiger partial charge in [-0.2, -0.15) is 13.2 Å². The summed E-state index contributed by atoms with van der Waals surface area (Å²) in [6, 6.07) is 9.54. The molecule has 0 bridgehead atoms. The summed E-state index contributed by atoms with van der Waals surface area (Å²) in [6.07, 6.45) is 5.81. The molecule has 1 aliphatic heterocycles. The Morgan fingerprint density at radius 1 is 1.18 bits per heavy atom. The molecule has 0 radical (unpaired) electrons. The Morgan fingerprint density at radius 3 is 2.36 bits per heavy atom. The van der Waals surface area contributed by atoms with Crippen LogP contribution in [-0.2, 0) is 15.0 Å². The quantitative estimate of drug-likeness (QED) is 0.451. The van der Waals surface area contributed by atoms with E-state index >= 15 is 0 Å². The number of aromatic nitrogens is 1. The van der Waals surface area contributed by atoms with Crippen LogP contribution < -0.4 is 15.5 Å². The van der Waals surface area contributed by atoms with Crippen molar-refractivity contribution in [2.75, 3.05) is 18.5 Å². The third-order valence-electron chi connectivity index (χ3n) is 8.01. The number of halogens is 3. The maximum atomic E-state index is 13.4. The first-order chi connectivity index (χ1) is 18.6. The van der Waals surface area contributed by atoms with E-state index in [4.69, 9.17) is 5.11 Å². The molecule has 2 heterocycles. The molecular formula is C29H37F3N4O3. The summed E-state index contributed by atoms with van der Waals surface area (Å²) in [5.41, 5.74) is 0.0260. The van der Waals surface area contributed by atoms with E-state index in [-0.39, 0.29) is 36.9 Å². The van der Waals surface area contributed by atoms with Gasteiger partial charge in [-0.1, -0.05) is 37.5 Å². The van der Waals surface area contributed by atoms with E-state index in [0.29, 0.717) is 24.2 Å². The number of hydrogen-bond acceptors (Lipinski definition) is 6. The molecule has 1 saturated heterocycles. The van der Waals surface area contributed by atoms with E-state index in [9.17, 15) is 22.8 Å². The molecule has 2 aromatic rings. The van der Waals surface area contributed by atoms with Crippen LogP contribution in [0.25, 0.3) is 0 Å². The molecule has 2 saturated carbocycles. The summed E-state index contributed by atoms with van der Waals surface area (Å²) in [5.74, 6) is -0.111. The summed E-state index contributed by atoms with van der Waals surface area (Å²) in [4.78, 5) is 29.2. The van der Waals surface area contributed by atoms with Gasteiger partial charge in [-0.25, -0.2) is 0 Å². The zero-order valence-corrected chi connectivity index (χ0v) is 22.2. The minimum atomic E-state index is -4.24. The standard InChI is InChI=1S/C24H28F3N3O.C5H9NO2/c1-30(20-11-9-18(10-12-20)23(13-14-23)24(25,26)27)21(17-6-5-15-28-16-17)22(31)29-19-7-3-2-4-8-19;7-3-4-1-5(8)2-6-4/h5-6,9-12,15-16,19,21H,2-4,7-8,13-14H2,1H3,(H,29,31);3-6,8H,1-2H2. The van der Waals surface area contributed by atoms with Gasteiger partial charge in [-0.3, -0.25) is 9.78 Å². The fourth-order valence-electron chi connectivity index (χ4n) is 5.49. The van der Waals surface area contributed by atoms with Gasteiger partial charge in [-0.15, -0.1) is 0 Å². The number of carbonyl (C=O) groups is 2. The van der Waals surface area contributed by atoms with Gasteiger partial charge < -0.3 is 25.4 Å². The predicted octanol–water partition coefficient (Wildman–Crippen LogP) is 4.21. The lowest BCUT2D eigenvalue weighted by Crippen LogP contribution is -2.44. The third-order valence-corrected chi connectivity index (χ3v) is 8.01. The molecule has 3 aliphatic rings. The van der Waals surface area contributed by atoms with Crippen molar-refractivity contribution < 1.29 is 27.9 Å². The number of pyridine rings is 1. The highest BCUT2D eigenvalue weighted by Crippen LogP contribution is 2.59. The summed E-state index contributed by atoms with van der Waals surface area (Å²) in [6.45, 7) is 0.559. The molecule has 5 rings (SSSR count). The van der Waals surface area contributed by atoms with Crippen LogP contribution >= 0.6 is 0 Å². The van der Waals surface area contributed by atoms with Crippen molar-refractivity contribution >= 4 is 17.9 Å². The van der Waals surface area contributed by atoms with Gasteiger partial charge in [0.05, 0.1) is 17.6 Å². The Hall–Kier alpha value is -2.98. The van der Waals surface area contributed by atoms with Crippen LogP contribution in [0.15, 0.2) is 48.8 Å². The lowest BCUT2D eigenvalue weighted by Gasteiger charge is -2.32. The topological polar surface area (TPSA) is 94.6 Å². The maximum absolute atomic E-state index is 13.4. The Kier molecular flexibility index (Phi) is 9.27. The highest BCUT2D eigenvalue weighted by Gasteiger charge is 2.64. The van der Waals surface area contributed by atoms with Gasteiger partial charge in [0.15, 0.2) is 0 Å². The fourth-order valence-corrected chi connectivity index (χ4v) is 5.49. The second kappa shape index (κ2) is 12.5. The van der Waals surface area contributed by atoms with Crippen molar-refractivity contribution in [2.24, 2.45) is 0 Å². The number of nitrogens with zero attached hydrogens (tertiary/aromatic N) is 2. The van der Waals surface area contributed by atoms with Gasteiger partial charge in [0.1, 0.15) is 12.3 Å². The number of aldehydes is 1. The van der Waals surface area contributed by atoms with Gasteiger partial charge in [-0.05, 0) is 55.9 Å². The van der Waals surface area contributed by atoms with Gasteiger partial charge in [0.25, 0.3) is 0 Å². The second-order valence-corrected chi connectivity index (χ2v) is 10.8. The highest BCUT2D eigenvalue weighted by atomic mass is 19.4. The molecule has 3 fully saturated rings. The second-order valence-electron chi connectivity index (χ2n) is 10.8. The maximum Gasteiger partial charge on any atom is 0.398 e. The first kappa shape index (κ1) is 29.0. The molecule has 10 heteroatoms.